The van der Waals surface area contributed by atoms with Crippen molar-refractivity contribution in [1.29, 1.82) is 5.41 Å². The summed E-state index contributed by atoms with van der Waals surface area (Å²) < 4.78 is 13.0. The van der Waals surface area contributed by atoms with Crippen molar-refractivity contribution < 1.29 is 4.39 Å². The van der Waals surface area contributed by atoms with Gasteiger partial charge in [-0.05, 0) is 11.6 Å². The van der Waals surface area contributed by atoms with Crippen molar-refractivity contribution in [1.82, 2.24) is 0 Å². The summed E-state index contributed by atoms with van der Waals surface area (Å²) in [6, 6.07) is 6.95. The summed E-state index contributed by atoms with van der Waals surface area (Å²) in [6.45, 7) is 0. The molecule has 1 rings (SSSR count). The normalized spacial score (nSPS) is 12.5. The van der Waals surface area contributed by atoms with Gasteiger partial charge in [-0.25, -0.2) is 4.39 Å². The number of alkyl halides is 1. The van der Waals surface area contributed by atoms with Crippen molar-refractivity contribution in [3.8, 4) is 0 Å². The molecule has 0 aromatic heterocycles. The molecule has 1 aromatic rings. The molecule has 0 spiro atoms. The monoisotopic (exact) mass is 200 g/mol. The zero-order valence-corrected chi connectivity index (χ0v) is 7.68. The second-order valence-corrected chi connectivity index (χ2v) is 3.13. The fourth-order valence-electron chi connectivity index (χ4n) is 0.967. The van der Waals surface area contributed by atoms with Gasteiger partial charge in [-0.15, -0.1) is 0 Å². The van der Waals surface area contributed by atoms with E-state index in [4.69, 9.17) is 22.7 Å². The van der Waals surface area contributed by atoms with Gasteiger partial charge in [0.25, 0.3) is 0 Å². The van der Waals surface area contributed by atoms with Gasteiger partial charge in [-0.1, -0.05) is 29.8 Å². The van der Waals surface area contributed by atoms with E-state index in [2.05, 4.69) is 0 Å². The molecule has 0 saturated heterocycles. The molecule has 0 aliphatic carbocycles. The Morgan fingerprint density at radius 1 is 1.54 bits per heavy atom. The minimum Gasteiger partial charge on any atom is -0.385 e. The highest BCUT2D eigenvalue weighted by molar-refractivity contribution is 6.31. The van der Waals surface area contributed by atoms with E-state index in [0.717, 1.165) is 0 Å². The number of benzene rings is 1. The van der Waals surface area contributed by atoms with E-state index in [9.17, 15) is 4.39 Å². The van der Waals surface area contributed by atoms with Crippen LogP contribution in [0.4, 0.5) is 4.39 Å². The van der Waals surface area contributed by atoms with Gasteiger partial charge in [0, 0.05) is 11.4 Å². The second-order valence-electron chi connectivity index (χ2n) is 2.72. The third-order valence-electron chi connectivity index (χ3n) is 1.69. The van der Waals surface area contributed by atoms with Crippen molar-refractivity contribution in [2.75, 3.05) is 0 Å². The first-order chi connectivity index (χ1) is 6.11. The second kappa shape index (κ2) is 4.23. The van der Waals surface area contributed by atoms with Gasteiger partial charge in [0.15, 0.2) is 6.17 Å². The molecule has 0 heterocycles. The molecule has 2 nitrogen and oxygen atoms in total. The Balaban J connectivity index is 2.74. The van der Waals surface area contributed by atoms with Crippen LogP contribution in [0.1, 0.15) is 5.56 Å². The van der Waals surface area contributed by atoms with Crippen LogP contribution >= 0.6 is 11.6 Å². The zero-order chi connectivity index (χ0) is 9.84. The maximum Gasteiger partial charge on any atom is 0.160 e. The first-order valence-corrected chi connectivity index (χ1v) is 4.20. The van der Waals surface area contributed by atoms with Crippen LogP contribution in [0.25, 0.3) is 0 Å². The van der Waals surface area contributed by atoms with Crippen LogP contribution in [0.2, 0.25) is 5.02 Å². The SMILES string of the molecule is N=C(N)C(F)Cc1ccccc1Cl. The molecule has 0 amide bonds. The number of nitrogens with two attached hydrogens (primary N) is 1. The van der Waals surface area contributed by atoms with Crippen molar-refractivity contribution in [3.63, 3.8) is 0 Å². The molecule has 0 aliphatic heterocycles. The molecule has 4 heteroatoms. The van der Waals surface area contributed by atoms with Gasteiger partial charge in [0.2, 0.25) is 0 Å². The maximum absolute atomic E-state index is 13.0. The maximum atomic E-state index is 13.0. The number of nitrogens with one attached hydrogen (secondary N) is 1. The van der Waals surface area contributed by atoms with Crippen molar-refractivity contribution in [3.05, 3.63) is 34.9 Å². The third-order valence-corrected chi connectivity index (χ3v) is 2.06. The van der Waals surface area contributed by atoms with E-state index >= 15 is 0 Å². The Bertz CT molecular complexity index is 314. The Labute approximate surface area is 81.0 Å². The Morgan fingerprint density at radius 3 is 2.69 bits per heavy atom. The van der Waals surface area contributed by atoms with Gasteiger partial charge in [-0.3, -0.25) is 5.41 Å². The summed E-state index contributed by atoms with van der Waals surface area (Å²) in [4.78, 5) is 0. The lowest BCUT2D eigenvalue weighted by atomic mass is 10.1. The van der Waals surface area contributed by atoms with Crippen LogP contribution < -0.4 is 5.73 Å². The summed E-state index contributed by atoms with van der Waals surface area (Å²) in [5.74, 6) is -0.458. The molecule has 1 unspecified atom stereocenters. The lowest BCUT2D eigenvalue weighted by molar-refractivity contribution is 0.418. The molecule has 0 fully saturated rings. The van der Waals surface area contributed by atoms with Crippen LogP contribution in [0, 0.1) is 5.41 Å². The van der Waals surface area contributed by atoms with Crippen LogP contribution in [-0.2, 0) is 6.42 Å². The smallest absolute Gasteiger partial charge is 0.160 e. The van der Waals surface area contributed by atoms with Crippen molar-refractivity contribution >= 4 is 17.4 Å². The number of hydrogen-bond acceptors (Lipinski definition) is 1. The Morgan fingerprint density at radius 2 is 2.15 bits per heavy atom. The molecule has 13 heavy (non-hydrogen) atoms. The highest BCUT2D eigenvalue weighted by Gasteiger charge is 2.12. The van der Waals surface area contributed by atoms with E-state index in [-0.39, 0.29) is 6.42 Å². The molecular formula is C9H10ClFN2. The van der Waals surface area contributed by atoms with Crippen LogP contribution in [-0.4, -0.2) is 12.0 Å². The zero-order valence-electron chi connectivity index (χ0n) is 6.93. The summed E-state index contributed by atoms with van der Waals surface area (Å²) in [5.41, 5.74) is 5.67. The minimum atomic E-state index is -1.44. The molecule has 0 radical (unpaired) electrons. The fraction of sp³-hybridized carbons (Fsp3) is 0.222. The third kappa shape index (κ3) is 2.70. The lowest BCUT2D eigenvalue weighted by Gasteiger charge is -2.07. The van der Waals surface area contributed by atoms with Crippen molar-refractivity contribution in [2.45, 2.75) is 12.6 Å². The Hall–Kier alpha value is -1.09. The molecule has 0 bridgehead atoms. The number of hydrogen-bond donors (Lipinski definition) is 2. The predicted molar refractivity (Wildman–Crippen MR) is 52.0 cm³/mol. The van der Waals surface area contributed by atoms with Gasteiger partial charge in [-0.2, -0.15) is 0 Å². The molecule has 1 aromatic carbocycles. The summed E-state index contributed by atoms with van der Waals surface area (Å²) in [6.07, 6.45) is -1.38. The largest absolute Gasteiger partial charge is 0.385 e. The molecule has 1 atom stereocenters. The van der Waals surface area contributed by atoms with E-state index in [1.807, 2.05) is 0 Å². The highest BCUT2D eigenvalue weighted by Crippen LogP contribution is 2.17. The summed E-state index contributed by atoms with van der Waals surface area (Å²) in [7, 11) is 0. The van der Waals surface area contributed by atoms with Crippen LogP contribution in [0.5, 0.6) is 0 Å². The first kappa shape index (κ1) is 9.99. The Kier molecular flexibility index (Phi) is 3.25. The number of amidine groups is 1. The highest BCUT2D eigenvalue weighted by atomic mass is 35.5. The molecule has 70 valence electrons. The van der Waals surface area contributed by atoms with E-state index in [0.29, 0.717) is 10.6 Å². The number of halogens is 2. The predicted octanol–water partition coefficient (Wildman–Crippen LogP) is 2.16. The van der Waals surface area contributed by atoms with E-state index in [1.165, 1.54) is 0 Å². The number of rotatable bonds is 3. The first-order valence-electron chi connectivity index (χ1n) is 3.82. The molecule has 0 aliphatic rings. The fourth-order valence-corrected chi connectivity index (χ4v) is 1.18. The van der Waals surface area contributed by atoms with Crippen molar-refractivity contribution in [2.24, 2.45) is 5.73 Å². The quantitative estimate of drug-likeness (QED) is 0.570. The van der Waals surface area contributed by atoms with Gasteiger partial charge in [0.1, 0.15) is 5.84 Å². The van der Waals surface area contributed by atoms with Gasteiger partial charge in [0.05, 0.1) is 0 Å². The standard InChI is InChI=1S/C9H10ClFN2/c10-7-4-2-1-3-6(7)5-8(11)9(12)13/h1-4,8H,5H2,(H3,12,13). The van der Waals surface area contributed by atoms with Crippen LogP contribution in [0.3, 0.4) is 0 Å². The average molecular weight is 201 g/mol. The average Bonchev–Trinajstić information content (AvgIpc) is 2.08. The molecule has 0 saturated carbocycles. The molecular weight excluding hydrogens is 191 g/mol. The lowest BCUT2D eigenvalue weighted by Crippen LogP contribution is -2.25. The summed E-state index contributed by atoms with van der Waals surface area (Å²) >= 11 is 5.80. The molecule has 3 N–H and O–H groups in total. The van der Waals surface area contributed by atoms with Crippen LogP contribution in [0.15, 0.2) is 24.3 Å². The van der Waals surface area contributed by atoms with Gasteiger partial charge >= 0.3 is 0 Å². The minimum absolute atomic E-state index is 0.0645. The summed E-state index contributed by atoms with van der Waals surface area (Å²) in [5, 5.41) is 7.39. The van der Waals surface area contributed by atoms with E-state index < -0.39 is 12.0 Å². The van der Waals surface area contributed by atoms with E-state index in [1.54, 1.807) is 24.3 Å². The van der Waals surface area contributed by atoms with Gasteiger partial charge < -0.3 is 5.73 Å². The topological polar surface area (TPSA) is 49.9 Å².